The Hall–Kier alpha value is 0. The highest BCUT2D eigenvalue weighted by Gasteiger charge is 2.47. The van der Waals surface area contributed by atoms with E-state index in [1.54, 1.807) is 0 Å². The Morgan fingerprint density at radius 3 is 2.42 bits per heavy atom. The third kappa shape index (κ3) is 1.11. The summed E-state index contributed by atoms with van der Waals surface area (Å²) in [6.45, 7) is 9.88. The molecular formula is C12H22. The lowest BCUT2D eigenvalue weighted by atomic mass is 9.69. The Morgan fingerprint density at radius 2 is 1.75 bits per heavy atom. The predicted molar refractivity (Wildman–Crippen MR) is 52.9 cm³/mol. The molecule has 2 aliphatic carbocycles. The average Bonchev–Trinajstić information content (AvgIpc) is 2.19. The first-order valence-electron chi connectivity index (χ1n) is 5.50. The van der Waals surface area contributed by atoms with Crippen molar-refractivity contribution >= 4 is 0 Å². The van der Waals surface area contributed by atoms with Crippen molar-refractivity contribution in [2.75, 3.05) is 0 Å². The first kappa shape index (κ1) is 8.59. The molecule has 0 saturated heterocycles. The summed E-state index contributed by atoms with van der Waals surface area (Å²) in [5.74, 6) is 4.04. The van der Waals surface area contributed by atoms with Crippen molar-refractivity contribution in [3.05, 3.63) is 0 Å². The van der Waals surface area contributed by atoms with Gasteiger partial charge in [-0.05, 0) is 48.3 Å². The van der Waals surface area contributed by atoms with Crippen LogP contribution in [-0.2, 0) is 0 Å². The van der Waals surface area contributed by atoms with Crippen LogP contribution in [0.2, 0.25) is 0 Å². The summed E-state index contributed by atoms with van der Waals surface area (Å²) in [5.41, 5.74) is 0.648. The van der Waals surface area contributed by atoms with E-state index in [1.165, 1.54) is 19.3 Å². The first-order chi connectivity index (χ1) is 5.50. The Morgan fingerprint density at radius 1 is 1.08 bits per heavy atom. The lowest BCUT2D eigenvalue weighted by Crippen LogP contribution is -2.29. The van der Waals surface area contributed by atoms with Gasteiger partial charge >= 0.3 is 0 Å². The maximum Gasteiger partial charge on any atom is -0.0321 e. The number of hydrogen-bond acceptors (Lipinski definition) is 0. The van der Waals surface area contributed by atoms with E-state index < -0.39 is 0 Å². The molecule has 0 heterocycles. The second-order valence-corrected chi connectivity index (χ2v) is 5.97. The van der Waals surface area contributed by atoms with E-state index in [9.17, 15) is 0 Å². The summed E-state index contributed by atoms with van der Waals surface area (Å²) < 4.78 is 0. The topological polar surface area (TPSA) is 0 Å². The van der Waals surface area contributed by atoms with Crippen LogP contribution in [0.4, 0.5) is 0 Å². The minimum Gasteiger partial charge on any atom is -0.0622 e. The van der Waals surface area contributed by atoms with Crippen LogP contribution < -0.4 is 0 Å². The van der Waals surface area contributed by atoms with Gasteiger partial charge < -0.3 is 0 Å². The number of hydrogen-bond donors (Lipinski definition) is 0. The van der Waals surface area contributed by atoms with Crippen molar-refractivity contribution in [1.29, 1.82) is 0 Å². The van der Waals surface area contributed by atoms with Crippen LogP contribution in [0.1, 0.15) is 47.0 Å². The Labute approximate surface area is 76.7 Å². The molecule has 2 bridgehead atoms. The van der Waals surface area contributed by atoms with E-state index in [0.29, 0.717) is 5.41 Å². The SMILES string of the molecule is CC1CC2CC(C1C)C(C)(C)C2. The molecule has 0 amide bonds. The molecule has 0 nitrogen and oxygen atoms in total. The monoisotopic (exact) mass is 166 g/mol. The van der Waals surface area contributed by atoms with Crippen molar-refractivity contribution in [3.8, 4) is 0 Å². The summed E-state index contributed by atoms with van der Waals surface area (Å²) in [6, 6.07) is 0. The zero-order valence-corrected chi connectivity index (χ0v) is 8.93. The van der Waals surface area contributed by atoms with E-state index in [-0.39, 0.29) is 0 Å². The van der Waals surface area contributed by atoms with Crippen LogP contribution in [0.3, 0.4) is 0 Å². The molecule has 2 aliphatic rings. The number of rotatable bonds is 0. The summed E-state index contributed by atoms with van der Waals surface area (Å²) in [7, 11) is 0. The lowest BCUT2D eigenvalue weighted by molar-refractivity contribution is 0.128. The van der Waals surface area contributed by atoms with Gasteiger partial charge in [-0.2, -0.15) is 0 Å². The van der Waals surface area contributed by atoms with Crippen molar-refractivity contribution in [3.63, 3.8) is 0 Å². The first-order valence-corrected chi connectivity index (χ1v) is 5.50. The predicted octanol–water partition coefficient (Wildman–Crippen LogP) is 3.71. The molecule has 0 aliphatic heterocycles. The Kier molecular flexibility index (Phi) is 1.79. The summed E-state index contributed by atoms with van der Waals surface area (Å²) in [6.07, 6.45) is 4.52. The Balaban J connectivity index is 2.22. The van der Waals surface area contributed by atoms with Crippen LogP contribution in [-0.4, -0.2) is 0 Å². The maximum atomic E-state index is 2.48. The molecule has 0 aromatic rings. The minimum atomic E-state index is 0.648. The van der Waals surface area contributed by atoms with Gasteiger partial charge in [0.25, 0.3) is 0 Å². The molecule has 4 unspecified atom stereocenters. The lowest BCUT2D eigenvalue weighted by Gasteiger charge is -2.36. The molecule has 0 N–H and O–H groups in total. The third-order valence-electron chi connectivity index (χ3n) is 4.64. The molecule has 2 rings (SSSR count). The summed E-state index contributed by atoms with van der Waals surface area (Å²) in [4.78, 5) is 0. The fourth-order valence-electron chi connectivity index (χ4n) is 3.90. The van der Waals surface area contributed by atoms with Gasteiger partial charge in [0.15, 0.2) is 0 Å². The van der Waals surface area contributed by atoms with Crippen LogP contribution in [0.15, 0.2) is 0 Å². The van der Waals surface area contributed by atoms with E-state index >= 15 is 0 Å². The van der Waals surface area contributed by atoms with Crippen LogP contribution in [0.25, 0.3) is 0 Å². The van der Waals surface area contributed by atoms with E-state index in [1.807, 2.05) is 0 Å². The quantitative estimate of drug-likeness (QED) is 0.514. The van der Waals surface area contributed by atoms with Gasteiger partial charge in [0.05, 0.1) is 0 Å². The molecular weight excluding hydrogens is 144 g/mol. The second-order valence-electron chi connectivity index (χ2n) is 5.97. The maximum absolute atomic E-state index is 2.48. The normalized spacial score (nSPS) is 51.0. The molecule has 2 fully saturated rings. The van der Waals surface area contributed by atoms with Gasteiger partial charge in [-0.3, -0.25) is 0 Å². The molecule has 0 spiro atoms. The fourth-order valence-corrected chi connectivity index (χ4v) is 3.90. The van der Waals surface area contributed by atoms with Crippen LogP contribution in [0.5, 0.6) is 0 Å². The highest BCUT2D eigenvalue weighted by atomic mass is 14.5. The van der Waals surface area contributed by atoms with Crippen LogP contribution >= 0.6 is 0 Å². The Bertz CT molecular complexity index is 180. The zero-order valence-electron chi connectivity index (χ0n) is 8.93. The van der Waals surface area contributed by atoms with E-state index in [2.05, 4.69) is 27.7 Å². The van der Waals surface area contributed by atoms with Gasteiger partial charge in [-0.25, -0.2) is 0 Å². The summed E-state index contributed by atoms with van der Waals surface area (Å²) in [5, 5.41) is 0. The molecule has 0 heteroatoms. The summed E-state index contributed by atoms with van der Waals surface area (Å²) >= 11 is 0. The highest BCUT2D eigenvalue weighted by molar-refractivity contribution is 4.97. The standard InChI is InChI=1S/C12H22/c1-8-5-10-6-11(9(8)2)12(3,4)7-10/h8-11H,5-7H2,1-4H3. The minimum absolute atomic E-state index is 0.648. The zero-order chi connectivity index (χ0) is 8.93. The number of fused-ring (bicyclic) bond motifs is 2. The molecule has 70 valence electrons. The molecule has 12 heavy (non-hydrogen) atoms. The molecule has 2 saturated carbocycles. The van der Waals surface area contributed by atoms with Crippen molar-refractivity contribution in [1.82, 2.24) is 0 Å². The van der Waals surface area contributed by atoms with E-state index in [0.717, 1.165) is 23.7 Å². The fraction of sp³-hybridized carbons (Fsp3) is 1.00. The molecule has 4 atom stereocenters. The van der Waals surface area contributed by atoms with Crippen molar-refractivity contribution in [2.24, 2.45) is 29.1 Å². The molecule has 0 radical (unpaired) electrons. The third-order valence-corrected chi connectivity index (χ3v) is 4.64. The smallest absolute Gasteiger partial charge is 0.0321 e. The molecule has 0 aromatic carbocycles. The van der Waals surface area contributed by atoms with Crippen LogP contribution in [0, 0.1) is 29.1 Å². The van der Waals surface area contributed by atoms with E-state index in [4.69, 9.17) is 0 Å². The van der Waals surface area contributed by atoms with Crippen molar-refractivity contribution in [2.45, 2.75) is 47.0 Å². The second kappa shape index (κ2) is 2.49. The van der Waals surface area contributed by atoms with Gasteiger partial charge in [-0.1, -0.05) is 27.7 Å². The highest BCUT2D eigenvalue weighted by Crippen LogP contribution is 2.56. The average molecular weight is 166 g/mol. The molecule has 0 aromatic heterocycles. The van der Waals surface area contributed by atoms with Gasteiger partial charge in [-0.15, -0.1) is 0 Å². The van der Waals surface area contributed by atoms with Gasteiger partial charge in [0, 0.05) is 0 Å². The van der Waals surface area contributed by atoms with Gasteiger partial charge in [0.1, 0.15) is 0 Å². The van der Waals surface area contributed by atoms with Gasteiger partial charge in [0.2, 0.25) is 0 Å². The largest absolute Gasteiger partial charge is 0.0622 e. The van der Waals surface area contributed by atoms with Crippen molar-refractivity contribution < 1.29 is 0 Å².